The Kier molecular flexibility index (Phi) is 19.7. The van der Waals surface area contributed by atoms with Crippen molar-refractivity contribution >= 4 is 11.8 Å². The molecule has 0 saturated heterocycles. The molecule has 1 heterocycles. The molecule has 1 rings (SSSR count). The quantitative estimate of drug-likeness (QED) is 0.0771. The SMILES string of the molecule is CCCCCCC/C=C/CCCCCCCCCCCCCCC1=NC=C[N+]1(CCN)CC(=O)O. The fourth-order valence-electron chi connectivity index (χ4n) is 5.05. The first-order valence-electron chi connectivity index (χ1n) is 14.8. The van der Waals surface area contributed by atoms with Crippen LogP contribution in [0.2, 0.25) is 0 Å². The summed E-state index contributed by atoms with van der Waals surface area (Å²) in [6.45, 7) is 3.39. The van der Waals surface area contributed by atoms with Crippen molar-refractivity contribution in [1.82, 2.24) is 0 Å². The molecular weight excluding hydrogens is 434 g/mol. The van der Waals surface area contributed by atoms with Gasteiger partial charge in [-0.05, 0) is 32.1 Å². The van der Waals surface area contributed by atoms with Crippen LogP contribution in [-0.4, -0.2) is 41.0 Å². The van der Waals surface area contributed by atoms with Crippen LogP contribution in [0.4, 0.5) is 0 Å². The first kappa shape index (κ1) is 31.6. The molecule has 3 N–H and O–H groups in total. The number of amidine groups is 1. The van der Waals surface area contributed by atoms with Crippen LogP contribution in [0.3, 0.4) is 0 Å². The number of hydrogen-bond donors (Lipinski definition) is 2. The third-order valence-corrected chi connectivity index (χ3v) is 7.20. The highest BCUT2D eigenvalue weighted by Gasteiger charge is 2.36. The number of aliphatic carboxylic acids is 1. The van der Waals surface area contributed by atoms with E-state index in [-0.39, 0.29) is 6.54 Å². The second-order valence-electron chi connectivity index (χ2n) is 10.4. The van der Waals surface area contributed by atoms with Crippen molar-refractivity contribution in [3.05, 3.63) is 24.6 Å². The zero-order chi connectivity index (χ0) is 25.5. The van der Waals surface area contributed by atoms with Gasteiger partial charge in [0, 0.05) is 13.0 Å². The maximum absolute atomic E-state index is 11.3. The Morgan fingerprint density at radius 2 is 1.31 bits per heavy atom. The van der Waals surface area contributed by atoms with Gasteiger partial charge in [-0.15, -0.1) is 0 Å². The van der Waals surface area contributed by atoms with Crippen LogP contribution in [0, 0.1) is 0 Å². The first-order valence-corrected chi connectivity index (χ1v) is 14.8. The van der Waals surface area contributed by atoms with Gasteiger partial charge in [-0.25, -0.2) is 14.3 Å². The molecule has 35 heavy (non-hydrogen) atoms. The Morgan fingerprint density at radius 3 is 1.80 bits per heavy atom. The molecule has 5 heteroatoms. The van der Waals surface area contributed by atoms with E-state index in [0.717, 1.165) is 18.7 Å². The Morgan fingerprint density at radius 1 is 0.829 bits per heavy atom. The van der Waals surface area contributed by atoms with Crippen LogP contribution in [0.1, 0.15) is 135 Å². The lowest BCUT2D eigenvalue weighted by Crippen LogP contribution is -2.52. The van der Waals surface area contributed by atoms with Gasteiger partial charge in [0.2, 0.25) is 5.84 Å². The Hall–Kier alpha value is -1.46. The van der Waals surface area contributed by atoms with Gasteiger partial charge in [0.1, 0.15) is 12.7 Å². The number of hydrogen-bond acceptors (Lipinski definition) is 3. The highest BCUT2D eigenvalue weighted by atomic mass is 16.4. The molecule has 5 nitrogen and oxygen atoms in total. The van der Waals surface area contributed by atoms with Crippen LogP contribution in [-0.2, 0) is 4.79 Å². The van der Waals surface area contributed by atoms with E-state index < -0.39 is 5.97 Å². The van der Waals surface area contributed by atoms with Gasteiger partial charge in [0.05, 0.1) is 6.20 Å². The molecule has 0 aromatic heterocycles. The lowest BCUT2D eigenvalue weighted by molar-refractivity contribution is -0.778. The van der Waals surface area contributed by atoms with Gasteiger partial charge < -0.3 is 10.8 Å². The molecule has 0 spiro atoms. The van der Waals surface area contributed by atoms with Crippen molar-refractivity contribution in [2.75, 3.05) is 19.6 Å². The summed E-state index contributed by atoms with van der Waals surface area (Å²) >= 11 is 0. The molecule has 0 aromatic carbocycles. The van der Waals surface area contributed by atoms with Crippen molar-refractivity contribution in [2.24, 2.45) is 10.7 Å². The van der Waals surface area contributed by atoms with E-state index in [1.807, 2.05) is 6.20 Å². The van der Waals surface area contributed by atoms with Gasteiger partial charge >= 0.3 is 5.97 Å². The number of carboxylic acid groups (broad SMARTS) is 1. The molecule has 0 aromatic rings. The topological polar surface area (TPSA) is 75.7 Å². The predicted octanol–water partition coefficient (Wildman–Crippen LogP) is 8.11. The molecule has 0 saturated carbocycles. The van der Waals surface area contributed by atoms with E-state index in [0.29, 0.717) is 17.6 Å². The van der Waals surface area contributed by atoms with Crippen LogP contribution in [0.15, 0.2) is 29.5 Å². The molecule has 0 fully saturated rings. The van der Waals surface area contributed by atoms with Gasteiger partial charge in [-0.2, -0.15) is 0 Å². The largest absolute Gasteiger partial charge is 0.477 e. The monoisotopic (exact) mass is 490 g/mol. The molecule has 1 atom stereocenters. The third-order valence-electron chi connectivity index (χ3n) is 7.20. The minimum atomic E-state index is -0.798. The van der Waals surface area contributed by atoms with E-state index in [1.54, 1.807) is 6.20 Å². The second kappa shape index (κ2) is 21.8. The number of quaternary nitrogens is 1. The lowest BCUT2D eigenvalue weighted by Gasteiger charge is -2.30. The highest BCUT2D eigenvalue weighted by Crippen LogP contribution is 2.21. The number of nitrogens with zero attached hydrogens (tertiary/aromatic N) is 2. The van der Waals surface area contributed by atoms with Crippen LogP contribution >= 0.6 is 0 Å². The fraction of sp³-hybridized carbons (Fsp3) is 0.800. The van der Waals surface area contributed by atoms with Crippen molar-refractivity contribution in [1.29, 1.82) is 0 Å². The Bertz CT molecular complexity index is 615. The van der Waals surface area contributed by atoms with E-state index >= 15 is 0 Å². The average Bonchev–Trinajstić information content (AvgIpc) is 3.21. The van der Waals surface area contributed by atoms with Crippen molar-refractivity contribution in [3.63, 3.8) is 0 Å². The van der Waals surface area contributed by atoms with E-state index in [2.05, 4.69) is 24.1 Å². The molecule has 0 aliphatic carbocycles. The van der Waals surface area contributed by atoms with Gasteiger partial charge in [0.15, 0.2) is 6.54 Å². The number of nitrogens with two attached hydrogens (primary N) is 1. The summed E-state index contributed by atoms with van der Waals surface area (Å²) in [7, 11) is 0. The highest BCUT2D eigenvalue weighted by molar-refractivity contribution is 5.81. The number of carboxylic acids is 1. The number of unbranched alkanes of at least 4 members (excludes halogenated alkanes) is 17. The molecule has 0 amide bonds. The minimum absolute atomic E-state index is 0.0445. The summed E-state index contributed by atoms with van der Waals surface area (Å²) in [4.78, 5) is 15.8. The number of rotatable bonds is 25. The normalized spacial score (nSPS) is 17.5. The standard InChI is InChI=1S/C30H55N3O2/c1-2-3-4-5-6-7-8-9-10-11-12-13-14-15-16-17-18-19-20-21-22-23-29-32-25-27-33(29,26-24-31)28-30(34)35/h8-9,25,27H,2-7,10-24,26,28,31H2,1H3/p+1/b9-8+. The molecular formula is C30H56N3O2+. The van der Waals surface area contributed by atoms with Crippen molar-refractivity contribution < 1.29 is 14.4 Å². The minimum Gasteiger partial charge on any atom is -0.477 e. The third kappa shape index (κ3) is 16.0. The molecule has 202 valence electrons. The van der Waals surface area contributed by atoms with Gasteiger partial charge in [-0.1, -0.05) is 109 Å². The summed E-state index contributed by atoms with van der Waals surface area (Å²) in [5, 5.41) is 9.28. The first-order chi connectivity index (χ1) is 17.1. The van der Waals surface area contributed by atoms with E-state index in [4.69, 9.17) is 5.73 Å². The molecule has 1 aliphatic rings. The number of allylic oxidation sites excluding steroid dienone is 2. The van der Waals surface area contributed by atoms with Gasteiger partial charge in [-0.3, -0.25) is 0 Å². The zero-order valence-electron chi connectivity index (χ0n) is 22.9. The maximum atomic E-state index is 11.3. The predicted molar refractivity (Wildman–Crippen MR) is 150 cm³/mol. The summed E-state index contributed by atoms with van der Waals surface area (Å²) in [5.74, 6) is 0.167. The molecule has 0 bridgehead atoms. The summed E-state index contributed by atoms with van der Waals surface area (Å²) in [6, 6.07) is 0. The lowest BCUT2D eigenvalue weighted by atomic mass is 10.0. The van der Waals surface area contributed by atoms with Crippen molar-refractivity contribution in [3.8, 4) is 0 Å². The Labute approximate surface area is 216 Å². The van der Waals surface area contributed by atoms with Crippen LogP contribution < -0.4 is 5.73 Å². The fourth-order valence-corrected chi connectivity index (χ4v) is 5.05. The smallest absolute Gasteiger partial charge is 0.360 e. The van der Waals surface area contributed by atoms with Gasteiger partial charge in [0.25, 0.3) is 0 Å². The number of aliphatic imine (C=N–C) groups is 1. The Balaban J connectivity index is 1.88. The molecule has 1 unspecified atom stereocenters. The van der Waals surface area contributed by atoms with Crippen LogP contribution in [0.5, 0.6) is 0 Å². The summed E-state index contributed by atoms with van der Waals surface area (Å²) < 4.78 is 0.307. The molecule has 0 radical (unpaired) electrons. The average molecular weight is 491 g/mol. The van der Waals surface area contributed by atoms with E-state index in [9.17, 15) is 9.90 Å². The number of carbonyl (C=O) groups is 1. The molecule has 1 aliphatic heterocycles. The van der Waals surface area contributed by atoms with Crippen LogP contribution in [0.25, 0.3) is 0 Å². The summed E-state index contributed by atoms with van der Waals surface area (Å²) in [6.07, 6.45) is 34.7. The summed E-state index contributed by atoms with van der Waals surface area (Å²) in [5.41, 5.74) is 5.74. The maximum Gasteiger partial charge on any atom is 0.360 e. The van der Waals surface area contributed by atoms with E-state index in [1.165, 1.54) is 116 Å². The zero-order valence-corrected chi connectivity index (χ0v) is 22.9. The van der Waals surface area contributed by atoms with Crippen molar-refractivity contribution in [2.45, 2.75) is 135 Å². The second-order valence-corrected chi connectivity index (χ2v) is 10.4.